The van der Waals surface area contributed by atoms with Crippen molar-refractivity contribution in [3.05, 3.63) is 35.1 Å². The number of aliphatic hydroxyl groups is 1. The summed E-state index contributed by atoms with van der Waals surface area (Å²) < 4.78 is 1.92. The Morgan fingerprint density at radius 1 is 1.45 bits per heavy atom. The van der Waals surface area contributed by atoms with Crippen LogP contribution < -0.4 is 5.73 Å². The Hall–Kier alpha value is -1.55. The molecule has 0 spiro atoms. The van der Waals surface area contributed by atoms with E-state index in [2.05, 4.69) is 37.2 Å². The zero-order valence-corrected chi connectivity index (χ0v) is 14.4. The van der Waals surface area contributed by atoms with Crippen LogP contribution in [0, 0.1) is 12.8 Å². The fourth-order valence-electron chi connectivity index (χ4n) is 2.98. The molecule has 0 radical (unpaired) electrons. The van der Waals surface area contributed by atoms with Gasteiger partial charge in [-0.1, -0.05) is 37.6 Å². The van der Waals surface area contributed by atoms with Crippen LogP contribution in [0.2, 0.25) is 0 Å². The highest BCUT2D eigenvalue weighted by Gasteiger charge is 2.23. The van der Waals surface area contributed by atoms with E-state index in [4.69, 9.17) is 5.73 Å². The number of allylic oxidation sites excluding steroid dienone is 4. The molecule has 3 N–H and O–H groups in total. The number of nitrogens with two attached hydrogens (primary N) is 1. The lowest BCUT2D eigenvalue weighted by molar-refractivity contribution is 0.0795. The summed E-state index contributed by atoms with van der Waals surface area (Å²) in [5.41, 5.74) is 8.80. The third-order valence-corrected chi connectivity index (χ3v) is 4.01. The predicted octanol–water partition coefficient (Wildman–Crippen LogP) is 3.56. The molecule has 1 atom stereocenters. The lowest BCUT2D eigenvalue weighted by atomic mass is 9.93. The molecular formula is C18H29N3O. The van der Waals surface area contributed by atoms with Crippen LogP contribution in [0.15, 0.2) is 23.8 Å². The summed E-state index contributed by atoms with van der Waals surface area (Å²) in [6.07, 6.45) is 9.06. The van der Waals surface area contributed by atoms with E-state index in [9.17, 15) is 5.11 Å². The molecule has 0 aliphatic heterocycles. The van der Waals surface area contributed by atoms with Gasteiger partial charge in [-0.25, -0.2) is 4.68 Å². The van der Waals surface area contributed by atoms with E-state index < -0.39 is 5.60 Å². The van der Waals surface area contributed by atoms with Crippen LogP contribution in [0.1, 0.15) is 57.8 Å². The summed E-state index contributed by atoms with van der Waals surface area (Å²) in [6, 6.07) is 0.174. The number of rotatable bonds is 5. The second kappa shape index (κ2) is 6.29. The van der Waals surface area contributed by atoms with Crippen molar-refractivity contribution >= 4 is 5.82 Å². The van der Waals surface area contributed by atoms with Crippen molar-refractivity contribution in [3.8, 4) is 0 Å². The minimum atomic E-state index is -0.776. The van der Waals surface area contributed by atoms with E-state index in [1.807, 2.05) is 11.6 Å². The highest BCUT2D eigenvalue weighted by Crippen LogP contribution is 2.31. The molecule has 1 aliphatic carbocycles. The first kappa shape index (κ1) is 16.8. The molecule has 122 valence electrons. The third-order valence-electron chi connectivity index (χ3n) is 4.01. The average molecular weight is 303 g/mol. The Balaban J connectivity index is 2.22. The zero-order valence-electron chi connectivity index (χ0n) is 14.4. The van der Waals surface area contributed by atoms with Crippen LogP contribution in [0.4, 0.5) is 5.82 Å². The van der Waals surface area contributed by atoms with Crippen molar-refractivity contribution in [1.82, 2.24) is 9.78 Å². The monoisotopic (exact) mass is 303 g/mol. The molecule has 0 amide bonds. The molecule has 0 bridgehead atoms. The Morgan fingerprint density at radius 2 is 2.14 bits per heavy atom. The maximum absolute atomic E-state index is 10.0. The van der Waals surface area contributed by atoms with E-state index in [-0.39, 0.29) is 6.04 Å². The molecule has 1 aromatic rings. The molecular weight excluding hydrogens is 274 g/mol. The normalized spacial score (nSPS) is 18.9. The summed E-state index contributed by atoms with van der Waals surface area (Å²) in [7, 11) is 0. The standard InChI is InChI=1S/C18H29N3O/c1-12(2)9-14-7-6-8-15(10-14)21-17(19)13(3)16(20-21)11-18(4,5)22/h6-8,12,15,22H,9-11,19H2,1-5H3. The Morgan fingerprint density at radius 3 is 2.73 bits per heavy atom. The van der Waals surface area contributed by atoms with Crippen molar-refractivity contribution < 1.29 is 5.11 Å². The lowest BCUT2D eigenvalue weighted by Gasteiger charge is -2.21. The van der Waals surface area contributed by atoms with Crippen LogP contribution in [0.3, 0.4) is 0 Å². The van der Waals surface area contributed by atoms with Crippen LogP contribution in [0.25, 0.3) is 0 Å². The van der Waals surface area contributed by atoms with E-state index >= 15 is 0 Å². The second-order valence-corrected chi connectivity index (χ2v) is 7.47. The average Bonchev–Trinajstić information content (AvgIpc) is 2.65. The third kappa shape index (κ3) is 4.01. The molecule has 0 saturated carbocycles. The highest BCUT2D eigenvalue weighted by molar-refractivity contribution is 5.44. The maximum atomic E-state index is 10.0. The zero-order chi connectivity index (χ0) is 16.5. The first-order chi connectivity index (χ1) is 10.2. The van der Waals surface area contributed by atoms with Crippen molar-refractivity contribution in [3.63, 3.8) is 0 Å². The SMILES string of the molecule is Cc1c(CC(C)(C)O)nn(C2C=CC=C(CC(C)C)C2)c1N. The van der Waals surface area contributed by atoms with E-state index in [0.29, 0.717) is 18.2 Å². The Labute approximate surface area is 133 Å². The summed E-state index contributed by atoms with van der Waals surface area (Å²) in [6.45, 7) is 10.1. The van der Waals surface area contributed by atoms with Gasteiger partial charge < -0.3 is 10.8 Å². The largest absolute Gasteiger partial charge is 0.390 e. The fraction of sp³-hybridized carbons (Fsp3) is 0.611. The number of hydrogen-bond donors (Lipinski definition) is 2. The van der Waals surface area contributed by atoms with E-state index in [1.165, 1.54) is 5.57 Å². The molecule has 0 fully saturated rings. The Kier molecular flexibility index (Phi) is 4.81. The lowest BCUT2D eigenvalue weighted by Crippen LogP contribution is -2.23. The number of anilines is 1. The molecule has 1 aromatic heterocycles. The smallest absolute Gasteiger partial charge is 0.125 e. The van der Waals surface area contributed by atoms with Crippen molar-refractivity contribution in [2.75, 3.05) is 5.73 Å². The van der Waals surface area contributed by atoms with Gasteiger partial charge in [-0.2, -0.15) is 5.10 Å². The van der Waals surface area contributed by atoms with Gasteiger partial charge in [0.05, 0.1) is 17.3 Å². The van der Waals surface area contributed by atoms with E-state index in [1.54, 1.807) is 13.8 Å². The van der Waals surface area contributed by atoms with Gasteiger partial charge in [0.25, 0.3) is 0 Å². The number of nitrogen functional groups attached to an aromatic ring is 1. The van der Waals surface area contributed by atoms with Gasteiger partial charge in [0.2, 0.25) is 0 Å². The van der Waals surface area contributed by atoms with Crippen LogP contribution in [-0.4, -0.2) is 20.5 Å². The maximum Gasteiger partial charge on any atom is 0.125 e. The fourth-order valence-corrected chi connectivity index (χ4v) is 2.98. The van der Waals surface area contributed by atoms with Gasteiger partial charge in [-0.15, -0.1) is 0 Å². The van der Waals surface area contributed by atoms with Gasteiger partial charge in [0, 0.05) is 12.0 Å². The van der Waals surface area contributed by atoms with Gasteiger partial charge in [0.15, 0.2) is 0 Å². The number of nitrogens with zero attached hydrogens (tertiary/aromatic N) is 2. The summed E-state index contributed by atoms with van der Waals surface area (Å²) in [5, 5.41) is 14.7. The molecule has 1 aliphatic rings. The molecule has 4 heteroatoms. The summed E-state index contributed by atoms with van der Waals surface area (Å²) in [4.78, 5) is 0. The quantitative estimate of drug-likeness (QED) is 0.874. The number of hydrogen-bond acceptors (Lipinski definition) is 3. The van der Waals surface area contributed by atoms with Gasteiger partial charge in [-0.05, 0) is 39.5 Å². The molecule has 4 nitrogen and oxygen atoms in total. The first-order valence-corrected chi connectivity index (χ1v) is 8.09. The molecule has 1 heterocycles. The number of aromatic nitrogens is 2. The Bertz CT molecular complexity index is 588. The molecule has 1 unspecified atom stereocenters. The van der Waals surface area contributed by atoms with Crippen molar-refractivity contribution in [2.45, 2.75) is 65.5 Å². The summed E-state index contributed by atoms with van der Waals surface area (Å²) in [5.74, 6) is 1.36. The molecule has 0 aromatic carbocycles. The first-order valence-electron chi connectivity index (χ1n) is 8.09. The van der Waals surface area contributed by atoms with Gasteiger partial charge in [0.1, 0.15) is 5.82 Å². The van der Waals surface area contributed by atoms with Gasteiger partial charge in [-0.3, -0.25) is 0 Å². The molecule has 0 saturated heterocycles. The minimum Gasteiger partial charge on any atom is -0.390 e. The van der Waals surface area contributed by atoms with Gasteiger partial charge >= 0.3 is 0 Å². The van der Waals surface area contributed by atoms with Crippen LogP contribution >= 0.6 is 0 Å². The highest BCUT2D eigenvalue weighted by atomic mass is 16.3. The summed E-state index contributed by atoms with van der Waals surface area (Å²) >= 11 is 0. The van der Waals surface area contributed by atoms with Crippen molar-refractivity contribution in [1.29, 1.82) is 0 Å². The van der Waals surface area contributed by atoms with Crippen LogP contribution in [-0.2, 0) is 6.42 Å². The van der Waals surface area contributed by atoms with Crippen LogP contribution in [0.5, 0.6) is 0 Å². The van der Waals surface area contributed by atoms with Crippen molar-refractivity contribution in [2.24, 2.45) is 5.92 Å². The molecule has 2 rings (SSSR count). The second-order valence-electron chi connectivity index (χ2n) is 7.47. The molecule has 22 heavy (non-hydrogen) atoms. The minimum absolute atomic E-state index is 0.174. The topological polar surface area (TPSA) is 64.1 Å². The van der Waals surface area contributed by atoms with E-state index in [0.717, 1.165) is 24.1 Å². The predicted molar refractivity (Wildman–Crippen MR) is 91.7 cm³/mol.